The van der Waals surface area contributed by atoms with Crippen molar-refractivity contribution in [3.8, 4) is 0 Å². The molecule has 1 aromatic carbocycles. The molecule has 0 aromatic heterocycles. The van der Waals surface area contributed by atoms with Gasteiger partial charge in [-0.1, -0.05) is 46.2 Å². The van der Waals surface area contributed by atoms with Gasteiger partial charge in [0.15, 0.2) is 0 Å². The largest absolute Gasteiger partial charge is 0.368 e. The van der Waals surface area contributed by atoms with E-state index >= 15 is 0 Å². The lowest BCUT2D eigenvalue weighted by Crippen LogP contribution is -2.38. The Morgan fingerprint density at radius 1 is 1.14 bits per heavy atom. The fourth-order valence-corrected chi connectivity index (χ4v) is 3.00. The number of benzene rings is 1. The monoisotopic (exact) mass is 310 g/mol. The van der Waals surface area contributed by atoms with Gasteiger partial charge in [0.05, 0.1) is 0 Å². The summed E-state index contributed by atoms with van der Waals surface area (Å²) < 4.78 is 0. The van der Waals surface area contributed by atoms with Crippen LogP contribution >= 0.6 is 11.6 Å². The highest BCUT2D eigenvalue weighted by Gasteiger charge is 2.19. The minimum Gasteiger partial charge on any atom is -0.368 e. The summed E-state index contributed by atoms with van der Waals surface area (Å²) in [5, 5.41) is 4.25. The molecule has 0 aliphatic carbocycles. The topological polar surface area (TPSA) is 15.3 Å². The van der Waals surface area contributed by atoms with Crippen LogP contribution in [0.15, 0.2) is 18.2 Å². The second kappa shape index (κ2) is 9.32. The maximum absolute atomic E-state index is 6.21. The van der Waals surface area contributed by atoms with Crippen LogP contribution in [0.5, 0.6) is 0 Å². The molecule has 0 atom stereocenters. The molecule has 0 aliphatic heterocycles. The highest BCUT2D eigenvalue weighted by molar-refractivity contribution is 6.30. The third-order valence-electron chi connectivity index (χ3n) is 3.86. The number of anilines is 1. The maximum atomic E-state index is 6.21. The lowest BCUT2D eigenvalue weighted by molar-refractivity contribution is 0.505. The van der Waals surface area contributed by atoms with Gasteiger partial charge in [0.2, 0.25) is 0 Å². The average Bonchev–Trinajstić information content (AvgIpc) is 2.45. The van der Waals surface area contributed by atoms with Crippen molar-refractivity contribution in [1.82, 2.24) is 5.32 Å². The molecule has 3 heteroatoms. The molecule has 21 heavy (non-hydrogen) atoms. The van der Waals surface area contributed by atoms with Crippen molar-refractivity contribution >= 4 is 17.3 Å². The Morgan fingerprint density at radius 3 is 2.33 bits per heavy atom. The molecule has 2 nitrogen and oxygen atoms in total. The molecule has 1 rings (SSSR count). The van der Waals surface area contributed by atoms with Gasteiger partial charge in [-0.3, -0.25) is 0 Å². The second-order valence-electron chi connectivity index (χ2n) is 6.07. The van der Waals surface area contributed by atoms with E-state index in [2.05, 4.69) is 57.0 Å². The third kappa shape index (κ3) is 5.52. The average molecular weight is 311 g/mol. The molecule has 0 radical (unpaired) electrons. The number of nitrogens with zero attached hydrogens (tertiary/aromatic N) is 1. The normalized spacial score (nSPS) is 11.4. The first kappa shape index (κ1) is 18.3. The van der Waals surface area contributed by atoms with E-state index in [4.69, 9.17) is 11.6 Å². The zero-order chi connectivity index (χ0) is 15.8. The fraction of sp³-hybridized carbons (Fsp3) is 0.667. The number of nitrogens with one attached hydrogen (secondary N) is 1. The van der Waals surface area contributed by atoms with Crippen LogP contribution in [0.2, 0.25) is 5.02 Å². The van der Waals surface area contributed by atoms with Crippen molar-refractivity contribution in [2.45, 2.75) is 60.0 Å². The summed E-state index contributed by atoms with van der Waals surface area (Å²) in [6.45, 7) is 14.2. The zero-order valence-corrected chi connectivity index (χ0v) is 15.0. The standard InChI is InChI=1S/C18H31ClN2/c1-6-17(7-2)21(13-14(4)5)18-10-9-16(19)11-15(18)12-20-8-3/h9-11,14,17,20H,6-8,12-13H2,1-5H3. The summed E-state index contributed by atoms with van der Waals surface area (Å²) in [6, 6.07) is 6.90. The van der Waals surface area contributed by atoms with Crippen molar-refractivity contribution in [2.75, 3.05) is 18.0 Å². The van der Waals surface area contributed by atoms with Crippen LogP contribution in [-0.4, -0.2) is 19.1 Å². The van der Waals surface area contributed by atoms with E-state index in [1.54, 1.807) is 0 Å². The van der Waals surface area contributed by atoms with E-state index in [-0.39, 0.29) is 0 Å². The van der Waals surface area contributed by atoms with E-state index in [1.165, 1.54) is 24.1 Å². The third-order valence-corrected chi connectivity index (χ3v) is 4.10. The van der Waals surface area contributed by atoms with Gasteiger partial charge in [-0.25, -0.2) is 0 Å². The predicted octanol–water partition coefficient (Wildman–Crippen LogP) is 5.10. The number of rotatable bonds is 9. The molecule has 0 spiro atoms. The first-order valence-corrected chi connectivity index (χ1v) is 8.66. The molecular weight excluding hydrogens is 280 g/mol. The number of hydrogen-bond donors (Lipinski definition) is 1. The first-order valence-electron chi connectivity index (χ1n) is 8.29. The Kier molecular flexibility index (Phi) is 8.13. The van der Waals surface area contributed by atoms with E-state index in [0.29, 0.717) is 12.0 Å². The Balaban J connectivity index is 3.15. The Hall–Kier alpha value is -0.730. The van der Waals surface area contributed by atoms with Gasteiger partial charge in [-0.15, -0.1) is 0 Å². The molecule has 0 fully saturated rings. The molecule has 1 N–H and O–H groups in total. The first-order chi connectivity index (χ1) is 10.0. The molecular formula is C18H31ClN2. The van der Waals surface area contributed by atoms with Crippen LogP contribution in [0.1, 0.15) is 53.0 Å². The quantitative estimate of drug-likeness (QED) is 0.682. The Morgan fingerprint density at radius 2 is 1.81 bits per heavy atom. The van der Waals surface area contributed by atoms with Gasteiger partial charge >= 0.3 is 0 Å². The molecule has 0 unspecified atom stereocenters. The zero-order valence-electron chi connectivity index (χ0n) is 14.2. The van der Waals surface area contributed by atoms with Crippen LogP contribution in [0.3, 0.4) is 0 Å². The highest BCUT2D eigenvalue weighted by atomic mass is 35.5. The molecule has 0 saturated carbocycles. The van der Waals surface area contributed by atoms with Crippen LogP contribution in [0.4, 0.5) is 5.69 Å². The van der Waals surface area contributed by atoms with Crippen LogP contribution in [0.25, 0.3) is 0 Å². The van der Waals surface area contributed by atoms with E-state index in [9.17, 15) is 0 Å². The Labute approximate surface area is 135 Å². The number of halogens is 1. The molecule has 0 bridgehead atoms. The molecule has 120 valence electrons. The summed E-state index contributed by atoms with van der Waals surface area (Å²) in [6.07, 6.45) is 2.35. The Bertz CT molecular complexity index is 414. The molecule has 0 amide bonds. The number of hydrogen-bond acceptors (Lipinski definition) is 2. The van der Waals surface area contributed by atoms with E-state index in [1.807, 2.05) is 6.07 Å². The molecule has 1 aromatic rings. The smallest absolute Gasteiger partial charge is 0.0415 e. The minimum absolute atomic E-state index is 0.592. The molecule has 0 saturated heterocycles. The second-order valence-corrected chi connectivity index (χ2v) is 6.51. The van der Waals surface area contributed by atoms with Gasteiger partial charge in [0.25, 0.3) is 0 Å². The van der Waals surface area contributed by atoms with Crippen molar-refractivity contribution in [3.05, 3.63) is 28.8 Å². The van der Waals surface area contributed by atoms with Crippen molar-refractivity contribution in [3.63, 3.8) is 0 Å². The SMILES string of the molecule is CCNCc1cc(Cl)ccc1N(CC(C)C)C(CC)CC. The van der Waals surface area contributed by atoms with E-state index in [0.717, 1.165) is 24.7 Å². The summed E-state index contributed by atoms with van der Waals surface area (Å²) in [5.74, 6) is 0.647. The molecule has 0 heterocycles. The summed E-state index contributed by atoms with van der Waals surface area (Å²) in [5.41, 5.74) is 2.64. The van der Waals surface area contributed by atoms with Crippen LogP contribution in [-0.2, 0) is 6.54 Å². The summed E-state index contributed by atoms with van der Waals surface area (Å²) in [7, 11) is 0. The minimum atomic E-state index is 0.592. The van der Waals surface area contributed by atoms with Crippen molar-refractivity contribution in [2.24, 2.45) is 5.92 Å². The van der Waals surface area contributed by atoms with Crippen molar-refractivity contribution < 1.29 is 0 Å². The van der Waals surface area contributed by atoms with Gasteiger partial charge in [0, 0.05) is 29.8 Å². The van der Waals surface area contributed by atoms with Crippen LogP contribution < -0.4 is 10.2 Å². The predicted molar refractivity (Wildman–Crippen MR) is 95.4 cm³/mol. The van der Waals surface area contributed by atoms with Crippen LogP contribution in [0, 0.1) is 5.92 Å². The maximum Gasteiger partial charge on any atom is 0.0415 e. The van der Waals surface area contributed by atoms with E-state index < -0.39 is 0 Å². The lowest BCUT2D eigenvalue weighted by Gasteiger charge is -2.36. The van der Waals surface area contributed by atoms with Gasteiger partial charge in [-0.05, 0) is 49.1 Å². The molecule has 0 aliphatic rings. The summed E-state index contributed by atoms with van der Waals surface area (Å²) >= 11 is 6.21. The van der Waals surface area contributed by atoms with Gasteiger partial charge in [-0.2, -0.15) is 0 Å². The lowest BCUT2D eigenvalue weighted by atomic mass is 10.0. The van der Waals surface area contributed by atoms with Gasteiger partial charge in [0.1, 0.15) is 0 Å². The fourth-order valence-electron chi connectivity index (χ4n) is 2.80. The van der Waals surface area contributed by atoms with Gasteiger partial charge < -0.3 is 10.2 Å². The highest BCUT2D eigenvalue weighted by Crippen LogP contribution is 2.28. The summed E-state index contributed by atoms with van der Waals surface area (Å²) in [4.78, 5) is 2.58. The van der Waals surface area contributed by atoms with Crippen molar-refractivity contribution in [1.29, 1.82) is 0 Å².